The number of carbonyl (C=O) groups is 1. The van der Waals surface area contributed by atoms with Crippen LogP contribution in [-0.2, 0) is 17.6 Å². The zero-order chi connectivity index (χ0) is 17.5. The van der Waals surface area contributed by atoms with E-state index in [-0.39, 0.29) is 5.91 Å². The molecule has 0 spiro atoms. The molecule has 3 aromatic rings. The zero-order valence-electron chi connectivity index (χ0n) is 14.2. The van der Waals surface area contributed by atoms with Crippen LogP contribution in [0.4, 0.5) is 0 Å². The second kappa shape index (κ2) is 8.68. The van der Waals surface area contributed by atoms with Crippen LogP contribution in [0.5, 0.6) is 0 Å². The van der Waals surface area contributed by atoms with Crippen LogP contribution in [0.25, 0.3) is 10.8 Å². The summed E-state index contributed by atoms with van der Waals surface area (Å²) in [7, 11) is 0. The summed E-state index contributed by atoms with van der Waals surface area (Å²) in [6.07, 6.45) is 3.17. The minimum absolute atomic E-state index is 0.115. The van der Waals surface area contributed by atoms with Crippen LogP contribution in [0, 0.1) is 0 Å². The largest absolute Gasteiger partial charge is 0.356 e. The first-order valence-electron chi connectivity index (χ1n) is 8.70. The number of amides is 1. The molecule has 0 saturated carbocycles. The second-order valence-electron chi connectivity index (χ2n) is 6.22. The van der Waals surface area contributed by atoms with Gasteiger partial charge in [-0.25, -0.2) is 0 Å². The van der Waals surface area contributed by atoms with E-state index in [1.807, 2.05) is 36.4 Å². The van der Waals surface area contributed by atoms with Gasteiger partial charge in [-0.3, -0.25) is 4.79 Å². The van der Waals surface area contributed by atoms with Gasteiger partial charge in [0.05, 0.1) is 0 Å². The van der Waals surface area contributed by atoms with Crippen molar-refractivity contribution in [3.8, 4) is 0 Å². The Morgan fingerprint density at radius 1 is 0.880 bits per heavy atom. The van der Waals surface area contributed by atoms with Crippen molar-refractivity contribution in [2.24, 2.45) is 0 Å². The number of nitrogens with one attached hydrogen (secondary N) is 1. The molecule has 0 fully saturated rings. The van der Waals surface area contributed by atoms with Gasteiger partial charge in [0.1, 0.15) is 0 Å². The molecule has 0 radical (unpaired) electrons. The Morgan fingerprint density at radius 2 is 1.64 bits per heavy atom. The van der Waals surface area contributed by atoms with Crippen LogP contribution < -0.4 is 5.32 Å². The topological polar surface area (TPSA) is 29.1 Å². The van der Waals surface area contributed by atoms with E-state index in [0.29, 0.717) is 13.0 Å². The first-order valence-corrected chi connectivity index (χ1v) is 9.08. The molecule has 0 atom stereocenters. The molecular formula is C22H22ClNO. The van der Waals surface area contributed by atoms with Crippen molar-refractivity contribution in [2.75, 3.05) is 6.54 Å². The van der Waals surface area contributed by atoms with Crippen molar-refractivity contribution in [2.45, 2.75) is 25.7 Å². The Morgan fingerprint density at radius 3 is 2.48 bits per heavy atom. The van der Waals surface area contributed by atoms with E-state index in [2.05, 4.69) is 35.6 Å². The first-order chi connectivity index (χ1) is 12.2. The van der Waals surface area contributed by atoms with Crippen molar-refractivity contribution >= 4 is 28.3 Å². The van der Waals surface area contributed by atoms with E-state index in [1.54, 1.807) is 0 Å². The number of hydrogen-bond acceptors (Lipinski definition) is 1. The van der Waals surface area contributed by atoms with Crippen LogP contribution in [0.3, 0.4) is 0 Å². The van der Waals surface area contributed by atoms with Crippen molar-refractivity contribution in [3.05, 3.63) is 82.9 Å². The predicted octanol–water partition coefficient (Wildman–Crippen LogP) is 5.17. The van der Waals surface area contributed by atoms with Gasteiger partial charge >= 0.3 is 0 Å². The first kappa shape index (κ1) is 17.5. The van der Waals surface area contributed by atoms with Gasteiger partial charge in [-0.15, -0.1) is 0 Å². The lowest BCUT2D eigenvalue weighted by Gasteiger charge is -2.08. The molecule has 3 aromatic carbocycles. The summed E-state index contributed by atoms with van der Waals surface area (Å²) in [6.45, 7) is 0.705. The lowest BCUT2D eigenvalue weighted by atomic mass is 10.0. The maximum absolute atomic E-state index is 12.1. The summed E-state index contributed by atoms with van der Waals surface area (Å²) in [5.41, 5.74) is 2.48. The molecule has 25 heavy (non-hydrogen) atoms. The fraction of sp³-hybridized carbons (Fsp3) is 0.227. The highest BCUT2D eigenvalue weighted by molar-refractivity contribution is 6.30. The molecule has 3 rings (SSSR count). The Kier molecular flexibility index (Phi) is 6.08. The van der Waals surface area contributed by atoms with Gasteiger partial charge < -0.3 is 5.32 Å². The van der Waals surface area contributed by atoms with E-state index in [0.717, 1.165) is 24.3 Å². The Balaban J connectivity index is 1.42. The molecule has 0 aliphatic heterocycles. The third kappa shape index (κ3) is 5.07. The number of fused-ring (bicyclic) bond motifs is 1. The number of halogens is 1. The average Bonchev–Trinajstić information content (AvgIpc) is 2.65. The number of benzene rings is 3. The molecule has 2 nitrogen and oxygen atoms in total. The molecule has 0 bridgehead atoms. The summed E-state index contributed by atoms with van der Waals surface area (Å²) >= 11 is 5.88. The SMILES string of the molecule is O=C(CCc1cccc2ccccc12)NCCCc1ccc(Cl)cc1. The molecule has 3 heteroatoms. The van der Waals surface area contributed by atoms with Crippen LogP contribution in [0.2, 0.25) is 5.02 Å². The average molecular weight is 352 g/mol. The lowest BCUT2D eigenvalue weighted by Crippen LogP contribution is -2.25. The van der Waals surface area contributed by atoms with E-state index < -0.39 is 0 Å². The third-order valence-electron chi connectivity index (χ3n) is 4.38. The summed E-state index contributed by atoms with van der Waals surface area (Å²) in [4.78, 5) is 12.1. The van der Waals surface area contributed by atoms with Gasteiger partial charge in [0.25, 0.3) is 0 Å². The normalized spacial score (nSPS) is 10.8. The van der Waals surface area contributed by atoms with Crippen molar-refractivity contribution in [1.82, 2.24) is 5.32 Å². The Bertz CT molecular complexity index is 837. The van der Waals surface area contributed by atoms with Gasteiger partial charge in [-0.05, 0) is 53.3 Å². The minimum atomic E-state index is 0.115. The maximum Gasteiger partial charge on any atom is 0.220 e. The molecular weight excluding hydrogens is 330 g/mol. The van der Waals surface area contributed by atoms with Gasteiger partial charge in [0.15, 0.2) is 0 Å². The summed E-state index contributed by atoms with van der Waals surface area (Å²) in [5, 5.41) is 6.23. The fourth-order valence-electron chi connectivity index (χ4n) is 3.02. The van der Waals surface area contributed by atoms with Crippen molar-refractivity contribution in [1.29, 1.82) is 0 Å². The molecule has 0 unspecified atom stereocenters. The van der Waals surface area contributed by atoms with Gasteiger partial charge in [-0.2, -0.15) is 0 Å². The van der Waals surface area contributed by atoms with Gasteiger partial charge in [0, 0.05) is 18.0 Å². The summed E-state index contributed by atoms with van der Waals surface area (Å²) in [6, 6.07) is 22.5. The molecule has 0 aliphatic rings. The number of hydrogen-bond donors (Lipinski definition) is 1. The van der Waals surface area contributed by atoms with Crippen LogP contribution in [-0.4, -0.2) is 12.5 Å². The maximum atomic E-state index is 12.1. The molecule has 0 heterocycles. The summed E-state index contributed by atoms with van der Waals surface area (Å²) in [5.74, 6) is 0.115. The molecule has 128 valence electrons. The highest BCUT2D eigenvalue weighted by Crippen LogP contribution is 2.19. The van der Waals surface area contributed by atoms with E-state index in [1.165, 1.54) is 21.9 Å². The number of rotatable bonds is 7. The van der Waals surface area contributed by atoms with Crippen molar-refractivity contribution < 1.29 is 4.79 Å². The van der Waals surface area contributed by atoms with Crippen LogP contribution in [0.1, 0.15) is 24.0 Å². The molecule has 0 aromatic heterocycles. The Labute approximate surface area is 153 Å². The second-order valence-corrected chi connectivity index (χ2v) is 6.65. The van der Waals surface area contributed by atoms with E-state index in [9.17, 15) is 4.79 Å². The zero-order valence-corrected chi connectivity index (χ0v) is 14.9. The smallest absolute Gasteiger partial charge is 0.220 e. The van der Waals surface area contributed by atoms with E-state index >= 15 is 0 Å². The molecule has 1 amide bonds. The number of carbonyl (C=O) groups excluding carboxylic acids is 1. The lowest BCUT2D eigenvalue weighted by molar-refractivity contribution is -0.121. The Hall–Kier alpha value is -2.32. The highest BCUT2D eigenvalue weighted by Gasteiger charge is 2.05. The summed E-state index contributed by atoms with van der Waals surface area (Å²) < 4.78 is 0. The molecule has 0 saturated heterocycles. The quantitative estimate of drug-likeness (QED) is 0.584. The predicted molar refractivity (Wildman–Crippen MR) is 105 cm³/mol. The van der Waals surface area contributed by atoms with Gasteiger partial charge in [0.2, 0.25) is 5.91 Å². The standard InChI is InChI=1S/C22H22ClNO/c23-20-13-10-17(11-14-20)5-4-16-24-22(25)15-12-19-8-3-7-18-6-1-2-9-21(18)19/h1-3,6-11,13-14H,4-5,12,15-16H2,(H,24,25). The van der Waals surface area contributed by atoms with Gasteiger partial charge in [-0.1, -0.05) is 66.2 Å². The van der Waals surface area contributed by atoms with E-state index in [4.69, 9.17) is 11.6 Å². The fourth-order valence-corrected chi connectivity index (χ4v) is 3.14. The third-order valence-corrected chi connectivity index (χ3v) is 4.63. The van der Waals surface area contributed by atoms with Crippen molar-refractivity contribution in [3.63, 3.8) is 0 Å². The van der Waals surface area contributed by atoms with Crippen LogP contribution in [0.15, 0.2) is 66.7 Å². The number of aryl methyl sites for hydroxylation is 2. The molecule has 1 N–H and O–H groups in total. The minimum Gasteiger partial charge on any atom is -0.356 e. The molecule has 0 aliphatic carbocycles. The monoisotopic (exact) mass is 351 g/mol. The highest BCUT2D eigenvalue weighted by atomic mass is 35.5. The van der Waals surface area contributed by atoms with Crippen LogP contribution >= 0.6 is 11.6 Å².